The van der Waals surface area contributed by atoms with Crippen LogP contribution in [0.2, 0.25) is 0 Å². The number of hydrogen-bond donors (Lipinski definition) is 1. The first kappa shape index (κ1) is 16.1. The highest BCUT2D eigenvalue weighted by Crippen LogP contribution is 2.27. The van der Waals surface area contributed by atoms with Crippen molar-refractivity contribution >= 4 is 0 Å². The zero-order valence-electron chi connectivity index (χ0n) is 12.2. The van der Waals surface area contributed by atoms with Gasteiger partial charge in [-0.1, -0.05) is 44.2 Å². The maximum absolute atomic E-state index is 14.0. The van der Waals surface area contributed by atoms with Crippen LogP contribution in [0, 0.1) is 5.92 Å². The van der Waals surface area contributed by atoms with Crippen molar-refractivity contribution in [1.82, 2.24) is 10.2 Å². The van der Waals surface area contributed by atoms with Crippen LogP contribution in [0.4, 0.5) is 8.78 Å². The van der Waals surface area contributed by atoms with E-state index in [1.807, 2.05) is 32.8 Å². The quantitative estimate of drug-likeness (QED) is 0.819. The second kappa shape index (κ2) is 6.96. The molecule has 0 aromatic heterocycles. The van der Waals surface area contributed by atoms with E-state index >= 15 is 0 Å². The van der Waals surface area contributed by atoms with Gasteiger partial charge in [-0.25, -0.2) is 0 Å². The van der Waals surface area contributed by atoms with E-state index in [1.54, 1.807) is 18.2 Å². The largest absolute Gasteiger partial charge is 0.308 e. The highest BCUT2D eigenvalue weighted by molar-refractivity contribution is 5.20. The van der Waals surface area contributed by atoms with Crippen molar-refractivity contribution < 1.29 is 8.78 Å². The van der Waals surface area contributed by atoms with Crippen LogP contribution in [-0.2, 0) is 5.92 Å². The van der Waals surface area contributed by atoms with Crippen LogP contribution in [0.5, 0.6) is 0 Å². The molecule has 108 valence electrons. The first-order chi connectivity index (χ1) is 8.83. The monoisotopic (exact) mass is 270 g/mol. The minimum Gasteiger partial charge on any atom is -0.308 e. The Bertz CT molecular complexity index is 364. The maximum atomic E-state index is 14.0. The lowest BCUT2D eigenvalue weighted by Crippen LogP contribution is -2.46. The van der Waals surface area contributed by atoms with E-state index in [0.29, 0.717) is 5.92 Å². The average molecular weight is 270 g/mol. The molecule has 0 amide bonds. The lowest BCUT2D eigenvalue weighted by molar-refractivity contribution is -0.00786. The van der Waals surface area contributed by atoms with Gasteiger partial charge in [0, 0.05) is 18.2 Å². The predicted molar refractivity (Wildman–Crippen MR) is 75.5 cm³/mol. The number of nitrogens with zero attached hydrogens (tertiary/aromatic N) is 1. The number of halogens is 2. The normalized spacial score (nSPS) is 14.1. The van der Waals surface area contributed by atoms with Crippen molar-refractivity contribution in [1.29, 1.82) is 0 Å². The summed E-state index contributed by atoms with van der Waals surface area (Å²) in [6, 6.07) is 8.03. The van der Waals surface area contributed by atoms with Crippen LogP contribution in [0.1, 0.15) is 19.4 Å². The smallest absolute Gasteiger partial charge is 0.285 e. The summed E-state index contributed by atoms with van der Waals surface area (Å²) < 4.78 is 28.1. The number of benzene rings is 1. The SMILES string of the molecule is CC(C)C(CN(C)C)NCC(F)(F)c1ccccc1. The van der Waals surface area contributed by atoms with Crippen LogP contribution in [0.3, 0.4) is 0 Å². The molecule has 0 aliphatic heterocycles. The van der Waals surface area contributed by atoms with Crippen LogP contribution >= 0.6 is 0 Å². The lowest BCUT2D eigenvalue weighted by Gasteiger charge is -2.28. The predicted octanol–water partition coefficient (Wildman–Crippen LogP) is 2.95. The van der Waals surface area contributed by atoms with E-state index in [1.165, 1.54) is 12.1 Å². The third-order valence-electron chi connectivity index (χ3n) is 3.15. The molecular formula is C15H24F2N2. The van der Waals surface area contributed by atoms with Gasteiger partial charge in [-0.2, -0.15) is 8.78 Å². The van der Waals surface area contributed by atoms with E-state index < -0.39 is 5.92 Å². The van der Waals surface area contributed by atoms with Crippen molar-refractivity contribution in [3.63, 3.8) is 0 Å². The summed E-state index contributed by atoms with van der Waals surface area (Å²) in [5, 5.41) is 3.00. The van der Waals surface area contributed by atoms with E-state index in [-0.39, 0.29) is 18.2 Å². The van der Waals surface area contributed by atoms with E-state index in [2.05, 4.69) is 5.32 Å². The van der Waals surface area contributed by atoms with E-state index in [9.17, 15) is 8.78 Å². The zero-order chi connectivity index (χ0) is 14.5. The molecule has 2 nitrogen and oxygen atoms in total. The zero-order valence-corrected chi connectivity index (χ0v) is 12.2. The first-order valence-corrected chi connectivity index (χ1v) is 6.64. The molecule has 0 bridgehead atoms. The number of hydrogen-bond acceptors (Lipinski definition) is 2. The minimum absolute atomic E-state index is 0.0598. The molecule has 1 aromatic rings. The molecule has 0 radical (unpaired) electrons. The molecule has 0 heterocycles. The Labute approximate surface area is 114 Å². The Morgan fingerprint density at radius 3 is 2.21 bits per heavy atom. The van der Waals surface area contributed by atoms with Gasteiger partial charge < -0.3 is 10.2 Å². The summed E-state index contributed by atoms with van der Waals surface area (Å²) in [6.07, 6.45) is 0. The highest BCUT2D eigenvalue weighted by Gasteiger charge is 2.32. The molecule has 0 spiro atoms. The molecule has 1 unspecified atom stereocenters. The van der Waals surface area contributed by atoms with Gasteiger partial charge in [-0.3, -0.25) is 0 Å². The Hall–Kier alpha value is -1.00. The molecule has 0 fully saturated rings. The Morgan fingerprint density at radius 2 is 1.74 bits per heavy atom. The molecule has 1 aromatic carbocycles. The summed E-state index contributed by atoms with van der Waals surface area (Å²) in [5.74, 6) is -2.52. The third kappa shape index (κ3) is 5.25. The molecule has 19 heavy (non-hydrogen) atoms. The Morgan fingerprint density at radius 1 is 1.16 bits per heavy atom. The first-order valence-electron chi connectivity index (χ1n) is 6.64. The average Bonchev–Trinajstić information content (AvgIpc) is 2.35. The van der Waals surface area contributed by atoms with Crippen molar-refractivity contribution in [3.05, 3.63) is 35.9 Å². The molecule has 4 heteroatoms. The fraction of sp³-hybridized carbons (Fsp3) is 0.600. The Kier molecular flexibility index (Phi) is 5.88. The van der Waals surface area contributed by atoms with Crippen LogP contribution in [0.25, 0.3) is 0 Å². The fourth-order valence-corrected chi connectivity index (χ4v) is 1.95. The van der Waals surface area contributed by atoms with E-state index in [0.717, 1.165) is 6.54 Å². The molecule has 0 aliphatic carbocycles. The standard InChI is InChI=1S/C15H24F2N2/c1-12(2)14(10-19(3)4)18-11-15(16,17)13-8-6-5-7-9-13/h5-9,12,14,18H,10-11H2,1-4H3. The van der Waals surface area contributed by atoms with Gasteiger partial charge in [-0.15, -0.1) is 0 Å². The van der Waals surface area contributed by atoms with Gasteiger partial charge >= 0.3 is 0 Å². The summed E-state index contributed by atoms with van der Waals surface area (Å²) in [4.78, 5) is 2.01. The van der Waals surface area contributed by atoms with Crippen LogP contribution < -0.4 is 5.32 Å². The summed E-state index contributed by atoms with van der Waals surface area (Å²) in [5.41, 5.74) is 0.0647. The molecule has 1 rings (SSSR count). The maximum Gasteiger partial charge on any atom is 0.285 e. The summed E-state index contributed by atoms with van der Waals surface area (Å²) in [7, 11) is 3.90. The van der Waals surface area contributed by atoms with Crippen LogP contribution in [-0.4, -0.2) is 38.1 Å². The molecule has 1 N–H and O–H groups in total. The van der Waals surface area contributed by atoms with Crippen LogP contribution in [0.15, 0.2) is 30.3 Å². The van der Waals surface area contributed by atoms with Crippen molar-refractivity contribution in [2.45, 2.75) is 25.8 Å². The second-order valence-electron chi connectivity index (χ2n) is 5.56. The van der Waals surface area contributed by atoms with Gasteiger partial charge in [0.05, 0.1) is 6.54 Å². The number of rotatable bonds is 7. The van der Waals surface area contributed by atoms with Gasteiger partial charge in [0.15, 0.2) is 0 Å². The summed E-state index contributed by atoms with van der Waals surface area (Å²) >= 11 is 0. The number of alkyl halides is 2. The minimum atomic E-state index is -2.83. The lowest BCUT2D eigenvalue weighted by atomic mass is 10.0. The summed E-state index contributed by atoms with van der Waals surface area (Å²) in [6.45, 7) is 4.51. The topological polar surface area (TPSA) is 15.3 Å². The van der Waals surface area contributed by atoms with Gasteiger partial charge in [0.25, 0.3) is 5.92 Å². The van der Waals surface area contributed by atoms with Gasteiger partial charge in [-0.05, 0) is 20.0 Å². The fourth-order valence-electron chi connectivity index (χ4n) is 1.95. The van der Waals surface area contributed by atoms with Gasteiger partial charge in [0.2, 0.25) is 0 Å². The van der Waals surface area contributed by atoms with Crippen molar-refractivity contribution in [2.75, 3.05) is 27.2 Å². The number of nitrogens with one attached hydrogen (secondary N) is 1. The van der Waals surface area contributed by atoms with Crippen molar-refractivity contribution in [2.24, 2.45) is 5.92 Å². The molecule has 0 saturated carbocycles. The molecule has 0 saturated heterocycles. The van der Waals surface area contributed by atoms with Crippen molar-refractivity contribution in [3.8, 4) is 0 Å². The number of likely N-dealkylation sites (N-methyl/N-ethyl adjacent to an activating group) is 1. The Balaban J connectivity index is 2.63. The van der Waals surface area contributed by atoms with E-state index in [4.69, 9.17) is 0 Å². The third-order valence-corrected chi connectivity index (χ3v) is 3.15. The molecular weight excluding hydrogens is 246 g/mol. The second-order valence-corrected chi connectivity index (χ2v) is 5.56. The highest BCUT2D eigenvalue weighted by atomic mass is 19.3. The molecule has 1 atom stereocenters. The van der Waals surface area contributed by atoms with Gasteiger partial charge in [0.1, 0.15) is 0 Å². The molecule has 0 aliphatic rings.